The van der Waals surface area contributed by atoms with E-state index in [0.717, 1.165) is 5.69 Å². The van der Waals surface area contributed by atoms with Crippen LogP contribution in [0.15, 0.2) is 12.1 Å². The molecule has 0 unspecified atom stereocenters. The van der Waals surface area contributed by atoms with E-state index in [-0.39, 0.29) is 5.69 Å². The molecule has 0 saturated carbocycles. The Morgan fingerprint density at radius 1 is 1.47 bits per heavy atom. The third-order valence-electron chi connectivity index (χ3n) is 1.57. The van der Waals surface area contributed by atoms with Gasteiger partial charge in [0, 0.05) is 5.69 Å². The second-order valence-electron chi connectivity index (χ2n) is 2.48. The second-order valence-corrected chi connectivity index (χ2v) is 2.48. The number of methoxy groups -OCH3 is 1. The molecule has 3 nitrogen and oxygen atoms in total. The van der Waals surface area contributed by atoms with Crippen molar-refractivity contribution in [3.63, 3.8) is 0 Å². The Hall–Kier alpha value is -1.82. The van der Waals surface area contributed by atoms with Gasteiger partial charge in [-0.15, -0.1) is 6.42 Å². The number of aromatic nitrogens is 1. The molecule has 1 heterocycles. The third kappa shape index (κ3) is 3.43. The highest BCUT2D eigenvalue weighted by Gasteiger charge is 2.11. The van der Waals surface area contributed by atoms with Gasteiger partial charge in [0.25, 0.3) is 0 Å². The number of esters is 1. The monoisotopic (exact) mass is 205 g/mol. The molecule has 0 aliphatic rings. The Labute approximate surface area is 90.5 Å². The minimum absolute atomic E-state index is 0.199. The molecular weight excluding hydrogens is 190 g/mol. The zero-order valence-electron chi connectivity index (χ0n) is 9.50. The number of carbonyl (C=O) groups excluding carboxylic acids is 1. The minimum Gasteiger partial charge on any atom is -0.464 e. The highest BCUT2D eigenvalue weighted by Crippen LogP contribution is 2.07. The molecule has 15 heavy (non-hydrogen) atoms. The molecule has 0 N–H and O–H groups in total. The van der Waals surface area contributed by atoms with Crippen LogP contribution in [-0.4, -0.2) is 18.1 Å². The largest absolute Gasteiger partial charge is 0.464 e. The highest BCUT2D eigenvalue weighted by atomic mass is 16.5. The summed E-state index contributed by atoms with van der Waals surface area (Å²) in [7, 11) is 1.30. The zero-order valence-corrected chi connectivity index (χ0v) is 9.50. The maximum Gasteiger partial charge on any atom is 0.357 e. The molecular formula is C12H15NO2. The normalized spacial score (nSPS) is 8.20. The number of hydrogen-bond donors (Lipinski definition) is 0. The molecule has 0 atom stereocenters. The molecule has 0 bridgehead atoms. The first kappa shape index (κ1) is 13.2. The highest BCUT2D eigenvalue weighted by molar-refractivity contribution is 5.90. The number of carbonyl (C=O) groups is 1. The van der Waals surface area contributed by atoms with Crippen molar-refractivity contribution in [1.82, 2.24) is 4.98 Å². The molecule has 1 aromatic heterocycles. The fraction of sp³-hybridized carbons (Fsp3) is 0.333. The Balaban J connectivity index is 0.000000921. The molecule has 1 rings (SSSR count). The lowest BCUT2D eigenvalue weighted by Crippen LogP contribution is -2.07. The van der Waals surface area contributed by atoms with Gasteiger partial charge in [0.1, 0.15) is 0 Å². The third-order valence-corrected chi connectivity index (χ3v) is 1.57. The van der Waals surface area contributed by atoms with Gasteiger partial charge in [-0.3, -0.25) is 0 Å². The van der Waals surface area contributed by atoms with Crippen LogP contribution < -0.4 is 0 Å². The van der Waals surface area contributed by atoms with E-state index in [4.69, 9.17) is 6.42 Å². The summed E-state index contributed by atoms with van der Waals surface area (Å²) in [5.41, 5.74) is 1.39. The fourth-order valence-corrected chi connectivity index (χ4v) is 0.925. The molecule has 1 aromatic rings. The number of nitrogens with zero attached hydrogens (tertiary/aromatic N) is 1. The van der Waals surface area contributed by atoms with Gasteiger partial charge in [0.05, 0.1) is 12.7 Å². The van der Waals surface area contributed by atoms with Crippen LogP contribution in [0.3, 0.4) is 0 Å². The summed E-state index contributed by atoms with van der Waals surface area (Å²) >= 11 is 0. The predicted octanol–water partition coefficient (Wildman–Crippen LogP) is 2.18. The van der Waals surface area contributed by atoms with Crippen LogP contribution in [0.2, 0.25) is 0 Å². The maximum absolute atomic E-state index is 11.2. The summed E-state index contributed by atoms with van der Waals surface area (Å²) in [4.78, 5) is 15.2. The molecule has 0 aromatic carbocycles. The van der Waals surface area contributed by atoms with E-state index in [1.54, 1.807) is 19.1 Å². The van der Waals surface area contributed by atoms with Crippen molar-refractivity contribution >= 4 is 5.97 Å². The summed E-state index contributed by atoms with van der Waals surface area (Å²) in [5.74, 6) is 1.87. The van der Waals surface area contributed by atoms with Gasteiger partial charge in [-0.2, -0.15) is 0 Å². The molecule has 0 amide bonds. The van der Waals surface area contributed by atoms with Gasteiger partial charge in [-0.05, 0) is 19.1 Å². The summed E-state index contributed by atoms with van der Waals surface area (Å²) < 4.78 is 4.54. The number of terminal acetylenes is 1. The van der Waals surface area contributed by atoms with E-state index >= 15 is 0 Å². The molecule has 3 heteroatoms. The molecule has 80 valence electrons. The molecule has 0 aliphatic carbocycles. The van der Waals surface area contributed by atoms with Crippen LogP contribution in [0.1, 0.15) is 35.6 Å². The average molecular weight is 205 g/mol. The van der Waals surface area contributed by atoms with Gasteiger partial charge in [-0.25, -0.2) is 9.78 Å². The van der Waals surface area contributed by atoms with E-state index in [2.05, 4.69) is 15.6 Å². The lowest BCUT2D eigenvalue weighted by Gasteiger charge is -2.01. The van der Waals surface area contributed by atoms with Crippen molar-refractivity contribution in [2.45, 2.75) is 20.8 Å². The van der Waals surface area contributed by atoms with Crippen LogP contribution in [0, 0.1) is 19.3 Å². The van der Waals surface area contributed by atoms with E-state index in [1.165, 1.54) is 7.11 Å². The molecule has 0 spiro atoms. The number of aryl methyl sites for hydroxylation is 1. The molecule has 0 saturated heterocycles. The summed E-state index contributed by atoms with van der Waals surface area (Å²) in [6.45, 7) is 5.78. The zero-order chi connectivity index (χ0) is 11.8. The van der Waals surface area contributed by atoms with Crippen molar-refractivity contribution in [3.05, 3.63) is 29.1 Å². The number of rotatable bonds is 1. The van der Waals surface area contributed by atoms with Crippen LogP contribution >= 0.6 is 0 Å². The molecule has 0 radical (unpaired) electrons. The lowest BCUT2D eigenvalue weighted by molar-refractivity contribution is 0.0593. The first-order valence-corrected chi connectivity index (χ1v) is 4.71. The lowest BCUT2D eigenvalue weighted by atomic mass is 10.2. The number of pyridine rings is 1. The van der Waals surface area contributed by atoms with Crippen LogP contribution in [0.25, 0.3) is 0 Å². The van der Waals surface area contributed by atoms with E-state index in [9.17, 15) is 4.79 Å². The van der Waals surface area contributed by atoms with Gasteiger partial charge in [0.15, 0.2) is 5.69 Å². The SMILES string of the molecule is C#Cc1ccc(C)nc1C(=O)OC.CC. The van der Waals surface area contributed by atoms with Crippen molar-refractivity contribution < 1.29 is 9.53 Å². The maximum atomic E-state index is 11.2. The van der Waals surface area contributed by atoms with Crippen molar-refractivity contribution in [1.29, 1.82) is 0 Å². The number of ether oxygens (including phenoxy) is 1. The van der Waals surface area contributed by atoms with E-state index in [0.29, 0.717) is 5.56 Å². The summed E-state index contributed by atoms with van der Waals surface area (Å²) in [6, 6.07) is 3.43. The minimum atomic E-state index is -0.503. The Kier molecular flexibility index (Phi) is 5.81. The topological polar surface area (TPSA) is 39.2 Å². The predicted molar refractivity (Wildman–Crippen MR) is 59.6 cm³/mol. The quantitative estimate of drug-likeness (QED) is 0.521. The Morgan fingerprint density at radius 3 is 2.53 bits per heavy atom. The fourth-order valence-electron chi connectivity index (χ4n) is 0.925. The molecule has 0 aliphatic heterocycles. The van der Waals surface area contributed by atoms with Gasteiger partial charge in [0.2, 0.25) is 0 Å². The average Bonchev–Trinajstić information content (AvgIpc) is 2.30. The second kappa shape index (κ2) is 6.61. The van der Waals surface area contributed by atoms with Crippen molar-refractivity contribution in [2.75, 3.05) is 7.11 Å². The van der Waals surface area contributed by atoms with Crippen molar-refractivity contribution in [2.24, 2.45) is 0 Å². The first-order valence-electron chi connectivity index (χ1n) is 4.71. The van der Waals surface area contributed by atoms with Crippen LogP contribution in [0.4, 0.5) is 0 Å². The van der Waals surface area contributed by atoms with Gasteiger partial charge < -0.3 is 4.74 Å². The summed E-state index contributed by atoms with van der Waals surface area (Å²) in [5, 5.41) is 0. The summed E-state index contributed by atoms with van der Waals surface area (Å²) in [6.07, 6.45) is 5.20. The first-order chi connectivity index (χ1) is 7.19. The Morgan fingerprint density at radius 2 is 2.07 bits per heavy atom. The van der Waals surface area contributed by atoms with Crippen molar-refractivity contribution in [3.8, 4) is 12.3 Å². The molecule has 0 fully saturated rings. The van der Waals surface area contributed by atoms with Crippen LogP contribution in [0.5, 0.6) is 0 Å². The standard InChI is InChI=1S/C10H9NO2.C2H6/c1-4-8-6-5-7(2)11-9(8)10(12)13-3;1-2/h1,5-6H,2-3H3;1-2H3. The number of hydrogen-bond acceptors (Lipinski definition) is 3. The van der Waals surface area contributed by atoms with E-state index < -0.39 is 5.97 Å². The smallest absolute Gasteiger partial charge is 0.357 e. The van der Waals surface area contributed by atoms with Gasteiger partial charge >= 0.3 is 5.97 Å². The van der Waals surface area contributed by atoms with Gasteiger partial charge in [-0.1, -0.05) is 19.8 Å². The van der Waals surface area contributed by atoms with E-state index in [1.807, 2.05) is 13.8 Å². The van der Waals surface area contributed by atoms with Crippen LogP contribution in [-0.2, 0) is 4.74 Å². The Bertz CT molecular complexity index is 378.